The van der Waals surface area contributed by atoms with Crippen LogP contribution >= 0.6 is 0 Å². The van der Waals surface area contributed by atoms with E-state index in [0.717, 1.165) is 49.6 Å². The molecule has 3 rings (SSSR count). The standard InChI is InChI=1S/C27H35NO3/c1-6-9-19(7-2)17-28-18-21-12-13-22(29-3)15-24(21)23-11-8-10-20-14-26(30-4)27(31-5)16-25(20)23/h6-7,9,12-16,23,28H,8,10-11,17-18H2,1-5H3/b9-6-,19-7+. The average molecular weight is 422 g/mol. The first-order valence-electron chi connectivity index (χ1n) is 11.0. The summed E-state index contributed by atoms with van der Waals surface area (Å²) in [6.07, 6.45) is 9.72. The maximum absolute atomic E-state index is 5.61. The fourth-order valence-electron chi connectivity index (χ4n) is 4.45. The first kappa shape index (κ1) is 23.0. The zero-order valence-electron chi connectivity index (χ0n) is 19.5. The third kappa shape index (κ3) is 5.31. The number of aryl methyl sites for hydroxylation is 1. The predicted octanol–water partition coefficient (Wildman–Crippen LogP) is 5.79. The number of hydrogen-bond donors (Lipinski definition) is 1. The monoisotopic (exact) mass is 421 g/mol. The van der Waals surface area contributed by atoms with Crippen molar-refractivity contribution in [2.75, 3.05) is 27.9 Å². The summed E-state index contributed by atoms with van der Waals surface area (Å²) in [5, 5.41) is 3.61. The molecular formula is C27H35NO3. The van der Waals surface area contributed by atoms with Gasteiger partial charge in [-0.25, -0.2) is 0 Å². The normalized spacial score (nSPS) is 16.3. The average Bonchev–Trinajstić information content (AvgIpc) is 2.82. The number of allylic oxidation sites excluding steroid dienone is 2. The van der Waals surface area contributed by atoms with Crippen LogP contribution in [0.2, 0.25) is 0 Å². The summed E-state index contributed by atoms with van der Waals surface area (Å²) in [5.41, 5.74) is 6.61. The molecule has 0 aliphatic heterocycles. The van der Waals surface area contributed by atoms with Gasteiger partial charge in [-0.15, -0.1) is 0 Å². The van der Waals surface area contributed by atoms with Gasteiger partial charge in [0.25, 0.3) is 0 Å². The maximum Gasteiger partial charge on any atom is 0.161 e. The van der Waals surface area contributed by atoms with Crippen LogP contribution in [0.5, 0.6) is 17.2 Å². The summed E-state index contributed by atoms with van der Waals surface area (Å²) in [6.45, 7) is 5.79. The highest BCUT2D eigenvalue weighted by atomic mass is 16.5. The van der Waals surface area contributed by atoms with Gasteiger partial charge in [-0.1, -0.05) is 24.3 Å². The number of benzene rings is 2. The second-order valence-electron chi connectivity index (χ2n) is 7.88. The molecule has 0 aromatic heterocycles. The van der Waals surface area contributed by atoms with Crippen molar-refractivity contribution in [2.24, 2.45) is 0 Å². The quantitative estimate of drug-likeness (QED) is 0.520. The Bertz CT molecular complexity index is 946. The Morgan fingerprint density at radius 1 is 1.00 bits per heavy atom. The van der Waals surface area contributed by atoms with Crippen LogP contribution < -0.4 is 19.5 Å². The zero-order chi connectivity index (χ0) is 22.2. The molecule has 0 heterocycles. The molecule has 4 heteroatoms. The second kappa shape index (κ2) is 11.1. The molecule has 0 amide bonds. The van der Waals surface area contributed by atoms with Crippen LogP contribution in [0, 0.1) is 0 Å². The predicted molar refractivity (Wildman–Crippen MR) is 128 cm³/mol. The van der Waals surface area contributed by atoms with Gasteiger partial charge in [0.2, 0.25) is 0 Å². The first-order chi connectivity index (χ1) is 15.1. The topological polar surface area (TPSA) is 39.7 Å². The molecule has 0 saturated heterocycles. The van der Waals surface area contributed by atoms with Crippen LogP contribution in [0.1, 0.15) is 54.9 Å². The first-order valence-corrected chi connectivity index (χ1v) is 11.0. The molecule has 31 heavy (non-hydrogen) atoms. The van der Waals surface area contributed by atoms with E-state index in [9.17, 15) is 0 Å². The van der Waals surface area contributed by atoms with Crippen LogP contribution in [0.15, 0.2) is 54.1 Å². The van der Waals surface area contributed by atoms with Gasteiger partial charge in [-0.3, -0.25) is 0 Å². The molecule has 1 aliphatic carbocycles. The molecule has 4 nitrogen and oxygen atoms in total. The number of fused-ring (bicyclic) bond motifs is 1. The highest BCUT2D eigenvalue weighted by Gasteiger charge is 2.26. The summed E-state index contributed by atoms with van der Waals surface area (Å²) in [6, 6.07) is 10.8. The lowest BCUT2D eigenvalue weighted by molar-refractivity contribution is 0.353. The van der Waals surface area contributed by atoms with E-state index < -0.39 is 0 Å². The highest BCUT2D eigenvalue weighted by molar-refractivity contribution is 5.53. The molecule has 0 spiro atoms. The van der Waals surface area contributed by atoms with E-state index in [0.29, 0.717) is 5.92 Å². The molecule has 0 fully saturated rings. The maximum atomic E-state index is 5.61. The molecule has 166 valence electrons. The van der Waals surface area contributed by atoms with Gasteiger partial charge in [-0.2, -0.15) is 0 Å². The molecular weight excluding hydrogens is 386 g/mol. The van der Waals surface area contributed by atoms with E-state index in [1.54, 1.807) is 21.3 Å². The fraction of sp³-hybridized carbons (Fsp3) is 0.407. The van der Waals surface area contributed by atoms with Crippen molar-refractivity contribution in [3.05, 3.63) is 76.4 Å². The molecule has 0 bridgehead atoms. The molecule has 1 N–H and O–H groups in total. The van der Waals surface area contributed by atoms with Crippen LogP contribution in [-0.4, -0.2) is 27.9 Å². The smallest absolute Gasteiger partial charge is 0.161 e. The lowest BCUT2D eigenvalue weighted by atomic mass is 9.77. The number of nitrogens with one attached hydrogen (secondary N) is 1. The fourth-order valence-corrected chi connectivity index (χ4v) is 4.45. The lowest BCUT2D eigenvalue weighted by Crippen LogP contribution is -2.19. The van der Waals surface area contributed by atoms with Gasteiger partial charge in [0.15, 0.2) is 11.5 Å². The summed E-state index contributed by atoms with van der Waals surface area (Å²) >= 11 is 0. The number of hydrogen-bond acceptors (Lipinski definition) is 4. The Balaban J connectivity index is 1.95. The van der Waals surface area contributed by atoms with Gasteiger partial charge < -0.3 is 19.5 Å². The Labute approximate surface area is 186 Å². The van der Waals surface area contributed by atoms with E-state index in [4.69, 9.17) is 14.2 Å². The molecule has 0 saturated carbocycles. The zero-order valence-corrected chi connectivity index (χ0v) is 19.5. The molecule has 0 radical (unpaired) electrons. The lowest BCUT2D eigenvalue weighted by Gasteiger charge is -2.29. The number of ether oxygens (including phenoxy) is 3. The van der Waals surface area contributed by atoms with E-state index in [1.807, 2.05) is 0 Å². The highest BCUT2D eigenvalue weighted by Crippen LogP contribution is 2.43. The van der Waals surface area contributed by atoms with Crippen molar-refractivity contribution in [2.45, 2.75) is 45.6 Å². The summed E-state index contributed by atoms with van der Waals surface area (Å²) in [5.74, 6) is 2.80. The molecule has 2 aromatic carbocycles. The van der Waals surface area contributed by atoms with Crippen molar-refractivity contribution in [1.82, 2.24) is 5.32 Å². The Kier molecular flexibility index (Phi) is 8.19. The molecule has 1 aliphatic rings. The van der Waals surface area contributed by atoms with Crippen molar-refractivity contribution < 1.29 is 14.2 Å². The summed E-state index contributed by atoms with van der Waals surface area (Å²) in [4.78, 5) is 0. The third-order valence-corrected chi connectivity index (χ3v) is 6.08. The Hall–Kier alpha value is -2.72. The van der Waals surface area contributed by atoms with E-state index in [2.05, 4.69) is 67.7 Å². The summed E-state index contributed by atoms with van der Waals surface area (Å²) in [7, 11) is 5.13. The van der Waals surface area contributed by atoms with Crippen LogP contribution in [-0.2, 0) is 13.0 Å². The number of methoxy groups -OCH3 is 3. The Morgan fingerprint density at radius 2 is 1.77 bits per heavy atom. The van der Waals surface area contributed by atoms with Gasteiger partial charge in [0, 0.05) is 19.0 Å². The third-order valence-electron chi connectivity index (χ3n) is 6.08. The Morgan fingerprint density at radius 3 is 2.45 bits per heavy atom. The van der Waals surface area contributed by atoms with Gasteiger partial charge in [0.05, 0.1) is 21.3 Å². The van der Waals surface area contributed by atoms with Crippen molar-refractivity contribution in [3.8, 4) is 17.2 Å². The minimum Gasteiger partial charge on any atom is -0.497 e. The van der Waals surface area contributed by atoms with E-state index in [1.165, 1.54) is 27.8 Å². The minimum atomic E-state index is 0.312. The molecule has 1 atom stereocenters. The van der Waals surface area contributed by atoms with Crippen molar-refractivity contribution in [1.29, 1.82) is 0 Å². The van der Waals surface area contributed by atoms with Crippen LogP contribution in [0.25, 0.3) is 0 Å². The van der Waals surface area contributed by atoms with E-state index >= 15 is 0 Å². The van der Waals surface area contributed by atoms with Crippen molar-refractivity contribution >= 4 is 0 Å². The van der Waals surface area contributed by atoms with Gasteiger partial charge >= 0.3 is 0 Å². The minimum absolute atomic E-state index is 0.312. The van der Waals surface area contributed by atoms with Gasteiger partial charge in [-0.05, 0) is 85.2 Å². The number of rotatable bonds is 9. The molecule has 1 unspecified atom stereocenters. The van der Waals surface area contributed by atoms with Crippen LogP contribution in [0.3, 0.4) is 0 Å². The van der Waals surface area contributed by atoms with Crippen molar-refractivity contribution in [3.63, 3.8) is 0 Å². The second-order valence-corrected chi connectivity index (χ2v) is 7.88. The molecule has 2 aromatic rings. The summed E-state index contributed by atoms with van der Waals surface area (Å²) < 4.78 is 16.7. The SMILES string of the molecule is C/C=C\C(=C/C)CNCc1ccc(OC)cc1C1CCCc2cc(OC)c(OC)cc21. The van der Waals surface area contributed by atoms with Gasteiger partial charge in [0.1, 0.15) is 5.75 Å². The van der Waals surface area contributed by atoms with Crippen LogP contribution in [0.4, 0.5) is 0 Å². The van der Waals surface area contributed by atoms with E-state index in [-0.39, 0.29) is 0 Å². The largest absolute Gasteiger partial charge is 0.497 e.